The third kappa shape index (κ3) is 3.20. The van der Waals surface area contributed by atoms with E-state index in [0.29, 0.717) is 17.7 Å². The number of hydrogen-bond acceptors (Lipinski definition) is 3. The first-order chi connectivity index (χ1) is 9.60. The minimum atomic E-state index is -0.458. The average Bonchev–Trinajstić information content (AvgIpc) is 2.47. The molecule has 20 heavy (non-hydrogen) atoms. The van der Waals surface area contributed by atoms with Crippen LogP contribution in [0.2, 0.25) is 0 Å². The fourth-order valence-electron chi connectivity index (χ4n) is 1.84. The average molecular weight is 271 g/mol. The van der Waals surface area contributed by atoms with Gasteiger partial charge in [0.25, 0.3) is 5.91 Å². The van der Waals surface area contributed by atoms with Crippen LogP contribution in [0.25, 0.3) is 0 Å². The van der Waals surface area contributed by atoms with Crippen LogP contribution < -0.4 is 10.3 Å². The molecule has 2 rings (SSSR count). The van der Waals surface area contributed by atoms with Crippen LogP contribution in [0.15, 0.2) is 48.8 Å². The molecule has 0 radical (unpaired) electrons. The second kappa shape index (κ2) is 5.97. The minimum absolute atomic E-state index is 0.361. The van der Waals surface area contributed by atoms with E-state index in [9.17, 15) is 9.59 Å². The van der Waals surface area contributed by atoms with Gasteiger partial charge in [0.2, 0.25) is 0 Å². The van der Waals surface area contributed by atoms with E-state index in [-0.39, 0.29) is 5.97 Å². The van der Waals surface area contributed by atoms with Gasteiger partial charge in [0, 0.05) is 11.6 Å². The van der Waals surface area contributed by atoms with E-state index in [1.54, 1.807) is 30.5 Å². The molecule has 0 unspecified atom stereocenters. The molecule has 5 heteroatoms. The van der Waals surface area contributed by atoms with Gasteiger partial charge in [-0.25, -0.2) is 4.79 Å². The monoisotopic (exact) mass is 271 g/mol. The van der Waals surface area contributed by atoms with Crippen LogP contribution in [-0.2, 0) is 11.3 Å². The Bertz CT molecular complexity index is 636. The lowest BCUT2D eigenvalue weighted by Crippen LogP contribution is -2.35. The van der Waals surface area contributed by atoms with Gasteiger partial charge in [-0.3, -0.25) is 4.79 Å². The summed E-state index contributed by atoms with van der Waals surface area (Å²) in [6.07, 6.45) is 3.54. The minimum Gasteiger partial charge on any atom is -0.465 e. The summed E-state index contributed by atoms with van der Waals surface area (Å²) in [6, 6.07) is 10.5. The zero-order valence-corrected chi connectivity index (χ0v) is 11.1. The molecule has 1 amide bonds. The number of methoxy groups -OCH3 is 1. The Balaban J connectivity index is 2.16. The van der Waals surface area contributed by atoms with Crippen LogP contribution in [0.1, 0.15) is 26.3 Å². The van der Waals surface area contributed by atoms with Gasteiger partial charge in [-0.1, -0.05) is 12.1 Å². The normalized spacial score (nSPS) is 10.1. The lowest BCUT2D eigenvalue weighted by Gasteiger charge is -2.01. The molecule has 0 aliphatic heterocycles. The number of pyridine rings is 1. The van der Waals surface area contributed by atoms with Gasteiger partial charge in [-0.2, -0.15) is 4.57 Å². The first kappa shape index (κ1) is 13.7. The van der Waals surface area contributed by atoms with Crippen molar-refractivity contribution in [1.82, 2.24) is 0 Å². The summed E-state index contributed by atoms with van der Waals surface area (Å²) in [5, 5.41) is 0. The summed E-state index contributed by atoms with van der Waals surface area (Å²) in [5.41, 5.74) is 7.21. The van der Waals surface area contributed by atoms with Gasteiger partial charge in [-0.05, 0) is 18.2 Å². The predicted octanol–water partition coefficient (Wildman–Crippen LogP) is 0.908. The van der Waals surface area contributed by atoms with E-state index in [2.05, 4.69) is 4.74 Å². The van der Waals surface area contributed by atoms with Gasteiger partial charge in [0.1, 0.15) is 5.56 Å². The molecule has 102 valence electrons. The molecule has 5 nitrogen and oxygen atoms in total. The molecule has 0 aliphatic rings. The molecular formula is C15H15N2O3+. The van der Waals surface area contributed by atoms with E-state index in [1.165, 1.54) is 7.11 Å². The number of aromatic nitrogens is 1. The summed E-state index contributed by atoms with van der Waals surface area (Å²) in [6.45, 7) is 0.586. The number of primary amides is 1. The second-order valence-electron chi connectivity index (χ2n) is 4.32. The van der Waals surface area contributed by atoms with E-state index >= 15 is 0 Å². The third-order valence-electron chi connectivity index (χ3n) is 2.88. The Morgan fingerprint density at radius 2 is 1.85 bits per heavy atom. The summed E-state index contributed by atoms with van der Waals surface area (Å²) in [4.78, 5) is 22.4. The van der Waals surface area contributed by atoms with E-state index in [0.717, 1.165) is 5.56 Å². The zero-order valence-electron chi connectivity index (χ0n) is 11.1. The van der Waals surface area contributed by atoms with Gasteiger partial charge in [0.05, 0.1) is 12.7 Å². The Kier molecular flexibility index (Phi) is 4.10. The van der Waals surface area contributed by atoms with E-state index in [4.69, 9.17) is 5.73 Å². The van der Waals surface area contributed by atoms with Crippen molar-refractivity contribution in [1.29, 1.82) is 0 Å². The molecule has 0 fully saturated rings. The zero-order chi connectivity index (χ0) is 14.5. The van der Waals surface area contributed by atoms with Gasteiger partial charge < -0.3 is 10.5 Å². The Morgan fingerprint density at radius 3 is 2.45 bits per heavy atom. The van der Waals surface area contributed by atoms with Gasteiger partial charge >= 0.3 is 5.97 Å². The summed E-state index contributed by atoms with van der Waals surface area (Å²) in [7, 11) is 1.35. The highest BCUT2D eigenvalue weighted by molar-refractivity contribution is 5.92. The van der Waals surface area contributed by atoms with Crippen LogP contribution in [0.4, 0.5) is 0 Å². The number of hydrogen-bond donors (Lipinski definition) is 1. The van der Waals surface area contributed by atoms with Crippen LogP contribution >= 0.6 is 0 Å². The number of nitrogens with zero attached hydrogens (tertiary/aromatic N) is 1. The molecule has 1 heterocycles. The fourth-order valence-corrected chi connectivity index (χ4v) is 1.84. The van der Waals surface area contributed by atoms with Gasteiger partial charge in [-0.15, -0.1) is 0 Å². The maximum atomic E-state index is 11.3. The highest BCUT2D eigenvalue weighted by Gasteiger charge is 2.09. The van der Waals surface area contributed by atoms with Crippen molar-refractivity contribution in [2.45, 2.75) is 6.54 Å². The number of rotatable bonds is 4. The molecule has 0 bridgehead atoms. The quantitative estimate of drug-likeness (QED) is 0.663. The molecule has 0 spiro atoms. The first-order valence-corrected chi connectivity index (χ1v) is 6.06. The number of carbonyl (C=O) groups is 2. The molecular weight excluding hydrogens is 256 g/mol. The summed E-state index contributed by atoms with van der Waals surface area (Å²) in [5.74, 6) is -0.819. The largest absolute Gasteiger partial charge is 0.465 e. The second-order valence-corrected chi connectivity index (χ2v) is 4.32. The molecule has 1 aromatic heterocycles. The molecule has 0 saturated heterocycles. The van der Waals surface area contributed by atoms with Crippen molar-refractivity contribution in [2.75, 3.05) is 7.11 Å². The van der Waals surface area contributed by atoms with Crippen LogP contribution in [0.3, 0.4) is 0 Å². The van der Waals surface area contributed by atoms with Crippen LogP contribution in [0, 0.1) is 0 Å². The van der Waals surface area contributed by atoms with Crippen LogP contribution in [-0.4, -0.2) is 19.0 Å². The number of nitrogens with two attached hydrogens (primary N) is 1. The lowest BCUT2D eigenvalue weighted by molar-refractivity contribution is -0.688. The van der Waals surface area contributed by atoms with Gasteiger partial charge in [0.15, 0.2) is 18.9 Å². The number of amides is 1. The Morgan fingerprint density at radius 1 is 1.15 bits per heavy atom. The maximum absolute atomic E-state index is 11.3. The molecule has 0 aliphatic carbocycles. The predicted molar refractivity (Wildman–Crippen MR) is 72.0 cm³/mol. The number of carbonyl (C=O) groups excluding carboxylic acids is 2. The van der Waals surface area contributed by atoms with E-state index in [1.807, 2.05) is 22.9 Å². The topological polar surface area (TPSA) is 73.3 Å². The Labute approximate surface area is 116 Å². The van der Waals surface area contributed by atoms with E-state index < -0.39 is 5.91 Å². The first-order valence-electron chi connectivity index (χ1n) is 6.06. The maximum Gasteiger partial charge on any atom is 0.337 e. The highest BCUT2D eigenvalue weighted by atomic mass is 16.5. The van der Waals surface area contributed by atoms with Crippen molar-refractivity contribution < 1.29 is 18.9 Å². The van der Waals surface area contributed by atoms with Crippen LogP contribution in [0.5, 0.6) is 0 Å². The molecule has 2 aromatic rings. The summed E-state index contributed by atoms with van der Waals surface area (Å²) >= 11 is 0. The number of benzene rings is 1. The Hall–Kier alpha value is -2.69. The summed E-state index contributed by atoms with van der Waals surface area (Å²) < 4.78 is 6.50. The smallest absolute Gasteiger partial charge is 0.337 e. The van der Waals surface area contributed by atoms with Crippen molar-refractivity contribution >= 4 is 11.9 Å². The SMILES string of the molecule is COC(=O)c1ccc(C[n+]2cccc(C(N)=O)c2)cc1. The third-order valence-corrected chi connectivity index (χ3v) is 2.88. The fraction of sp³-hybridized carbons (Fsp3) is 0.133. The standard InChI is InChI=1S/C15H14N2O3/c1-20-15(19)12-6-4-11(5-7-12)9-17-8-2-3-13(10-17)14(16)18/h2-8,10H,9H2,1H3,(H-,16,18)/p+1. The molecule has 2 N–H and O–H groups in total. The molecule has 1 aromatic carbocycles. The highest BCUT2D eigenvalue weighted by Crippen LogP contribution is 2.05. The van der Waals surface area contributed by atoms with Crippen molar-refractivity contribution in [2.24, 2.45) is 5.73 Å². The molecule has 0 saturated carbocycles. The lowest BCUT2D eigenvalue weighted by atomic mass is 10.1. The molecule has 0 atom stereocenters. The van der Waals surface area contributed by atoms with Crippen molar-refractivity contribution in [3.63, 3.8) is 0 Å². The number of ether oxygens (including phenoxy) is 1. The van der Waals surface area contributed by atoms with Crippen molar-refractivity contribution in [3.8, 4) is 0 Å². The number of esters is 1. The van der Waals surface area contributed by atoms with Crippen molar-refractivity contribution in [3.05, 3.63) is 65.5 Å².